The van der Waals surface area contributed by atoms with Crippen molar-refractivity contribution in [2.75, 3.05) is 13.1 Å². The maximum atomic E-state index is 13.5. The molecule has 8 nitrogen and oxygen atoms in total. The lowest BCUT2D eigenvalue weighted by atomic mass is 9.48. The molecular weight excluding hydrogens is 484 g/mol. The van der Waals surface area contributed by atoms with Gasteiger partial charge in [-0.15, -0.1) is 0 Å². The third kappa shape index (κ3) is 3.19. The molecule has 4 fully saturated rings. The summed E-state index contributed by atoms with van der Waals surface area (Å²) in [5, 5.41) is 12.7. The van der Waals surface area contributed by atoms with E-state index in [0.29, 0.717) is 48.7 Å². The summed E-state index contributed by atoms with van der Waals surface area (Å²) in [7, 11) is 0. The number of imide groups is 1. The number of hydrogen-bond donors (Lipinski definition) is 1. The van der Waals surface area contributed by atoms with Gasteiger partial charge in [-0.25, -0.2) is 0 Å². The first-order valence-corrected chi connectivity index (χ1v) is 14.3. The van der Waals surface area contributed by atoms with E-state index in [1.165, 1.54) is 24.7 Å². The van der Waals surface area contributed by atoms with Crippen LogP contribution in [0, 0.1) is 5.92 Å². The summed E-state index contributed by atoms with van der Waals surface area (Å²) in [6.07, 6.45) is 7.95. The minimum atomic E-state index is -1.05. The molecule has 3 aliphatic carbocycles. The Labute approximate surface area is 222 Å². The number of esters is 1. The maximum Gasteiger partial charge on any atom is 0.308 e. The number of amides is 2. The number of unbranched alkanes of at least 4 members (excludes halogenated alkanes) is 1. The van der Waals surface area contributed by atoms with Crippen molar-refractivity contribution in [1.29, 1.82) is 0 Å². The van der Waals surface area contributed by atoms with Crippen LogP contribution in [0.1, 0.15) is 76.3 Å². The standard InChI is InChI=1S/C30H36N2O6/c1-3-4-5-20-15-24(34)32(28(20)35)21-10-11-30(36)23-14-19-8-9-22(37-17(2)33)26-25(19)29(30,27(21)38-26)12-13-31(23)16-18-6-7-18/h5,8-9,18,21,23,27,36H,3-4,6-7,10-16H2,1-2H3/t21-,23-,27+,29+,30-/m1/s1. The lowest BCUT2D eigenvalue weighted by Crippen LogP contribution is -2.78. The van der Waals surface area contributed by atoms with Crippen LogP contribution in [-0.4, -0.2) is 69.6 Å². The van der Waals surface area contributed by atoms with E-state index in [0.717, 1.165) is 37.1 Å². The van der Waals surface area contributed by atoms with Crippen molar-refractivity contribution in [1.82, 2.24) is 9.80 Å². The molecular formula is C30H36N2O6. The minimum absolute atomic E-state index is 0.0492. The lowest BCUT2D eigenvalue weighted by molar-refractivity contribution is -0.201. The first-order valence-electron chi connectivity index (χ1n) is 14.3. The van der Waals surface area contributed by atoms with Crippen LogP contribution in [0.3, 0.4) is 0 Å². The average molecular weight is 521 g/mol. The van der Waals surface area contributed by atoms with Crippen LogP contribution >= 0.6 is 0 Å². The molecule has 38 heavy (non-hydrogen) atoms. The van der Waals surface area contributed by atoms with Crippen molar-refractivity contribution < 1.29 is 29.0 Å². The molecule has 1 N–H and O–H groups in total. The van der Waals surface area contributed by atoms with Gasteiger partial charge < -0.3 is 14.6 Å². The van der Waals surface area contributed by atoms with E-state index in [-0.39, 0.29) is 24.3 Å². The van der Waals surface area contributed by atoms with Gasteiger partial charge in [0.1, 0.15) is 6.10 Å². The van der Waals surface area contributed by atoms with Crippen molar-refractivity contribution in [2.45, 2.75) is 101 Å². The number of carbonyl (C=O) groups is 3. The van der Waals surface area contributed by atoms with Gasteiger partial charge >= 0.3 is 5.97 Å². The van der Waals surface area contributed by atoms with Gasteiger partial charge in [-0.05, 0) is 69.0 Å². The van der Waals surface area contributed by atoms with Crippen molar-refractivity contribution >= 4 is 17.8 Å². The molecule has 0 aromatic heterocycles. The van der Waals surface area contributed by atoms with Gasteiger partial charge in [-0.3, -0.25) is 24.2 Å². The second kappa shape index (κ2) is 8.39. The van der Waals surface area contributed by atoms with Crippen LogP contribution < -0.4 is 9.47 Å². The van der Waals surface area contributed by atoms with Crippen molar-refractivity contribution in [3.8, 4) is 11.5 Å². The van der Waals surface area contributed by atoms with Gasteiger partial charge in [-0.1, -0.05) is 25.5 Å². The normalized spacial score (nSPS) is 36.4. The predicted molar refractivity (Wildman–Crippen MR) is 138 cm³/mol. The highest BCUT2D eigenvalue weighted by atomic mass is 16.6. The Kier molecular flexibility index (Phi) is 5.38. The van der Waals surface area contributed by atoms with Crippen LogP contribution in [0.4, 0.5) is 0 Å². The molecule has 1 spiro atoms. The summed E-state index contributed by atoms with van der Waals surface area (Å²) in [6, 6.07) is 3.27. The zero-order chi connectivity index (χ0) is 26.4. The maximum absolute atomic E-state index is 13.5. The first-order chi connectivity index (χ1) is 18.3. The van der Waals surface area contributed by atoms with Crippen LogP contribution in [0.2, 0.25) is 0 Å². The third-order valence-corrected chi connectivity index (χ3v) is 10.1. The Morgan fingerprint density at radius 3 is 2.79 bits per heavy atom. The molecule has 2 amide bonds. The SMILES string of the molecule is CCCC=C1CC(=O)N([C@@H]2CC[C@@]3(O)[C@H]4Cc5ccc(OC(C)=O)c6c5[C@@]3(CCN4CC3CC3)[C@H]2O6)C1=O. The summed E-state index contributed by atoms with van der Waals surface area (Å²) >= 11 is 0. The minimum Gasteiger partial charge on any atom is -0.483 e. The Balaban J connectivity index is 1.35. The summed E-state index contributed by atoms with van der Waals surface area (Å²) < 4.78 is 12.3. The monoisotopic (exact) mass is 520 g/mol. The van der Waals surface area contributed by atoms with E-state index >= 15 is 0 Å². The molecule has 7 rings (SSSR count). The molecule has 202 valence electrons. The van der Waals surface area contributed by atoms with E-state index in [1.54, 1.807) is 6.07 Å². The third-order valence-electron chi connectivity index (χ3n) is 10.1. The lowest BCUT2D eigenvalue weighted by Gasteiger charge is -2.64. The van der Waals surface area contributed by atoms with Crippen molar-refractivity contribution in [2.24, 2.45) is 5.92 Å². The van der Waals surface area contributed by atoms with Gasteiger partial charge in [-0.2, -0.15) is 0 Å². The molecule has 8 heteroatoms. The Hall–Kier alpha value is -2.71. The molecule has 0 unspecified atom stereocenters. The number of benzene rings is 1. The molecule has 2 bridgehead atoms. The van der Waals surface area contributed by atoms with Crippen molar-refractivity contribution in [3.63, 3.8) is 0 Å². The topological polar surface area (TPSA) is 96.4 Å². The fourth-order valence-corrected chi connectivity index (χ4v) is 8.35. The fourth-order valence-electron chi connectivity index (χ4n) is 8.35. The van der Waals surface area contributed by atoms with Crippen LogP contribution in [0.15, 0.2) is 23.8 Å². The first kappa shape index (κ1) is 24.3. The number of hydrogen-bond acceptors (Lipinski definition) is 7. The fraction of sp³-hybridized carbons (Fsp3) is 0.633. The molecule has 1 aromatic rings. The van der Waals surface area contributed by atoms with Gasteiger partial charge in [0.15, 0.2) is 11.5 Å². The molecule has 2 saturated carbocycles. The molecule has 0 radical (unpaired) electrons. The van der Waals surface area contributed by atoms with E-state index in [2.05, 4.69) is 4.90 Å². The summed E-state index contributed by atoms with van der Waals surface area (Å²) in [6.45, 7) is 5.24. The number of carbonyl (C=O) groups excluding carboxylic acids is 3. The molecule has 6 aliphatic rings. The summed E-state index contributed by atoms with van der Waals surface area (Å²) in [5.74, 6) is 0.700. The number of piperidine rings is 1. The quantitative estimate of drug-likeness (QED) is 0.267. The molecule has 3 aliphatic heterocycles. The number of nitrogens with zero attached hydrogens (tertiary/aromatic N) is 2. The number of likely N-dealkylation sites (tertiary alicyclic amines) is 2. The second-order valence-corrected chi connectivity index (χ2v) is 12.2. The summed E-state index contributed by atoms with van der Waals surface area (Å²) in [5.41, 5.74) is 0.776. The molecule has 5 atom stereocenters. The van der Waals surface area contributed by atoms with Gasteiger partial charge in [0.2, 0.25) is 5.91 Å². The van der Waals surface area contributed by atoms with Crippen molar-refractivity contribution in [3.05, 3.63) is 34.9 Å². The Morgan fingerprint density at radius 1 is 1.24 bits per heavy atom. The molecule has 1 aromatic carbocycles. The number of rotatable bonds is 6. The van der Waals surface area contributed by atoms with Crippen LogP contribution in [-0.2, 0) is 26.2 Å². The van der Waals surface area contributed by atoms with E-state index in [9.17, 15) is 19.5 Å². The van der Waals surface area contributed by atoms with Gasteiger partial charge in [0.05, 0.1) is 23.5 Å². The van der Waals surface area contributed by atoms with E-state index in [1.807, 2.05) is 19.1 Å². The molecule has 3 heterocycles. The van der Waals surface area contributed by atoms with E-state index < -0.39 is 29.1 Å². The highest BCUT2D eigenvalue weighted by Gasteiger charge is 2.74. The molecule has 2 saturated heterocycles. The Morgan fingerprint density at radius 2 is 2.05 bits per heavy atom. The zero-order valence-electron chi connectivity index (χ0n) is 22.2. The van der Waals surface area contributed by atoms with E-state index in [4.69, 9.17) is 9.47 Å². The van der Waals surface area contributed by atoms with Gasteiger partial charge in [0, 0.05) is 30.6 Å². The zero-order valence-corrected chi connectivity index (χ0v) is 22.2. The number of ether oxygens (including phenoxy) is 2. The largest absolute Gasteiger partial charge is 0.483 e. The predicted octanol–water partition coefficient (Wildman–Crippen LogP) is 3.03. The van der Waals surface area contributed by atoms with Crippen LogP contribution in [0.25, 0.3) is 0 Å². The van der Waals surface area contributed by atoms with Gasteiger partial charge in [0.25, 0.3) is 5.91 Å². The van der Waals surface area contributed by atoms with Crippen LogP contribution in [0.5, 0.6) is 11.5 Å². The highest BCUT2D eigenvalue weighted by molar-refractivity contribution is 6.13. The smallest absolute Gasteiger partial charge is 0.308 e. The average Bonchev–Trinajstić information content (AvgIpc) is 3.55. The summed E-state index contributed by atoms with van der Waals surface area (Å²) in [4.78, 5) is 42.7. The highest BCUT2D eigenvalue weighted by Crippen LogP contribution is 2.66. The number of aliphatic hydroxyl groups is 1. The second-order valence-electron chi connectivity index (χ2n) is 12.2. The number of allylic oxidation sites excluding steroid dienone is 1. The Bertz CT molecular complexity index is 1270.